The Balaban J connectivity index is 2.53. The highest BCUT2D eigenvalue weighted by atomic mass is 16.9. The lowest BCUT2D eigenvalue weighted by Crippen LogP contribution is -2.32. The molecule has 4 heteroatoms. The summed E-state index contributed by atoms with van der Waals surface area (Å²) < 4.78 is 0. The lowest BCUT2D eigenvalue weighted by Gasteiger charge is -2.26. The van der Waals surface area contributed by atoms with Crippen molar-refractivity contribution in [1.29, 1.82) is 0 Å². The molecule has 0 N–H and O–H groups in total. The third-order valence-electron chi connectivity index (χ3n) is 0.919. The second-order valence-electron chi connectivity index (χ2n) is 1.63. The lowest BCUT2D eigenvalue weighted by molar-refractivity contribution is -0.946. The van der Waals surface area contributed by atoms with Gasteiger partial charge in [0, 0.05) is 0 Å². The van der Waals surface area contributed by atoms with E-state index in [0.29, 0.717) is 6.61 Å². The first kappa shape index (κ1) is 6.41. The van der Waals surface area contributed by atoms with Gasteiger partial charge in [-0.05, 0) is 6.92 Å². The van der Waals surface area contributed by atoms with E-state index in [2.05, 4.69) is 4.99 Å². The Morgan fingerprint density at radius 2 is 2.56 bits per heavy atom. The molecule has 0 aliphatic carbocycles. The molecule has 0 saturated heterocycles. The van der Waals surface area contributed by atoms with Gasteiger partial charge in [0.25, 0.3) is 0 Å². The maximum atomic E-state index is 11.0. The number of hydrogen-bond donors (Lipinski definition) is 0. The number of hydroxylamine groups is 4. The number of hydrogen-bond acceptors (Lipinski definition) is 3. The van der Waals surface area contributed by atoms with Crippen LogP contribution in [0.4, 0.5) is 0 Å². The first-order chi connectivity index (χ1) is 4.27. The zero-order valence-electron chi connectivity index (χ0n) is 5.15. The van der Waals surface area contributed by atoms with Crippen molar-refractivity contribution in [3.63, 3.8) is 0 Å². The van der Waals surface area contributed by atoms with Crippen LogP contribution in [-0.2, 0) is 4.84 Å². The molecular formula is C5H8N2O2. The number of quaternary nitrogens is 1. The van der Waals surface area contributed by atoms with Gasteiger partial charge < -0.3 is 5.21 Å². The van der Waals surface area contributed by atoms with Gasteiger partial charge in [-0.3, -0.25) is 0 Å². The average molecular weight is 128 g/mol. The zero-order valence-corrected chi connectivity index (χ0v) is 5.15. The zero-order chi connectivity index (χ0) is 6.74. The van der Waals surface area contributed by atoms with E-state index in [1.165, 1.54) is 18.7 Å². The van der Waals surface area contributed by atoms with E-state index in [4.69, 9.17) is 4.84 Å². The van der Waals surface area contributed by atoms with Crippen LogP contribution in [0, 0.1) is 5.21 Å². The van der Waals surface area contributed by atoms with E-state index in [1.54, 1.807) is 6.92 Å². The van der Waals surface area contributed by atoms with Crippen LogP contribution in [0.1, 0.15) is 6.92 Å². The largest absolute Gasteiger partial charge is 0.587 e. The molecule has 0 fully saturated rings. The molecular weight excluding hydrogens is 120 g/mol. The second-order valence-corrected chi connectivity index (χ2v) is 1.63. The second kappa shape index (κ2) is 2.26. The van der Waals surface area contributed by atoms with Gasteiger partial charge in [-0.2, -0.15) is 4.84 Å². The van der Waals surface area contributed by atoms with Crippen molar-refractivity contribution in [2.24, 2.45) is 4.99 Å². The molecule has 0 amide bonds. The van der Waals surface area contributed by atoms with E-state index >= 15 is 0 Å². The molecule has 1 aliphatic heterocycles. The van der Waals surface area contributed by atoms with Crippen LogP contribution in [-0.4, -0.2) is 17.8 Å². The van der Waals surface area contributed by atoms with Crippen molar-refractivity contribution >= 4 is 6.34 Å². The summed E-state index contributed by atoms with van der Waals surface area (Å²) in [6, 6.07) is 0. The normalized spacial score (nSPS) is 31.8. The molecule has 1 heterocycles. The minimum absolute atomic E-state index is 0.389. The standard InChI is InChI=1S/C5H8N2O2/c1-2-9-7(8)4-3-6-5-7/h3-5H,2H2,1H3. The highest BCUT2D eigenvalue weighted by molar-refractivity contribution is 5.50. The van der Waals surface area contributed by atoms with Crippen molar-refractivity contribution in [3.8, 4) is 0 Å². The van der Waals surface area contributed by atoms with E-state index < -0.39 is 4.81 Å². The minimum atomic E-state index is -0.878. The summed E-state index contributed by atoms with van der Waals surface area (Å²) in [5.41, 5.74) is 0. The van der Waals surface area contributed by atoms with Crippen molar-refractivity contribution in [2.45, 2.75) is 6.92 Å². The Morgan fingerprint density at radius 1 is 1.78 bits per heavy atom. The third kappa shape index (κ3) is 1.35. The predicted octanol–water partition coefficient (Wildman–Crippen LogP) is 0.766. The van der Waals surface area contributed by atoms with Crippen molar-refractivity contribution in [3.05, 3.63) is 17.6 Å². The molecule has 0 aromatic rings. The molecule has 1 rings (SSSR count). The summed E-state index contributed by atoms with van der Waals surface area (Å²) in [5.74, 6) is 0. The molecule has 1 unspecified atom stereocenters. The Bertz CT molecular complexity index is 141. The van der Waals surface area contributed by atoms with Crippen LogP contribution in [0.15, 0.2) is 17.4 Å². The van der Waals surface area contributed by atoms with Crippen LogP contribution in [0.3, 0.4) is 0 Å². The minimum Gasteiger partial charge on any atom is -0.587 e. The third-order valence-corrected chi connectivity index (χ3v) is 0.919. The van der Waals surface area contributed by atoms with Crippen molar-refractivity contribution in [1.82, 2.24) is 0 Å². The maximum Gasteiger partial charge on any atom is 0.228 e. The predicted molar refractivity (Wildman–Crippen MR) is 32.9 cm³/mol. The lowest BCUT2D eigenvalue weighted by atomic mass is 10.9. The Labute approximate surface area is 53.2 Å². The number of aliphatic imine (C=N–C) groups is 1. The Hall–Kier alpha value is -0.710. The summed E-state index contributed by atoms with van der Waals surface area (Å²) in [7, 11) is 0. The molecule has 0 radical (unpaired) electrons. The maximum absolute atomic E-state index is 11.0. The first-order valence-corrected chi connectivity index (χ1v) is 2.73. The fourth-order valence-corrected chi connectivity index (χ4v) is 0.579. The number of nitrogens with zero attached hydrogens (tertiary/aromatic N) is 2. The van der Waals surface area contributed by atoms with Crippen LogP contribution < -0.4 is 0 Å². The molecule has 0 aromatic carbocycles. The smallest absolute Gasteiger partial charge is 0.228 e. The molecule has 9 heavy (non-hydrogen) atoms. The van der Waals surface area contributed by atoms with Gasteiger partial charge in [-0.25, -0.2) is 4.99 Å². The molecule has 50 valence electrons. The fourth-order valence-electron chi connectivity index (χ4n) is 0.579. The van der Waals surface area contributed by atoms with Crippen LogP contribution in [0.25, 0.3) is 0 Å². The Kier molecular flexibility index (Phi) is 1.61. The van der Waals surface area contributed by atoms with Gasteiger partial charge in [-0.1, -0.05) is 0 Å². The molecule has 1 aliphatic rings. The summed E-state index contributed by atoms with van der Waals surface area (Å²) in [6.07, 6.45) is 3.93. The molecule has 0 aromatic heterocycles. The van der Waals surface area contributed by atoms with Gasteiger partial charge in [0.15, 0.2) is 6.20 Å². The topological polar surface area (TPSA) is 44.6 Å². The summed E-state index contributed by atoms with van der Waals surface area (Å²) in [6.45, 7) is 2.15. The Morgan fingerprint density at radius 3 is 3.00 bits per heavy atom. The SMILES string of the molecule is CCO[N+]1([O-])C=CN=C1. The van der Waals surface area contributed by atoms with Gasteiger partial charge >= 0.3 is 0 Å². The van der Waals surface area contributed by atoms with Gasteiger partial charge in [0.2, 0.25) is 6.34 Å². The van der Waals surface area contributed by atoms with Gasteiger partial charge in [0.1, 0.15) is 6.61 Å². The van der Waals surface area contributed by atoms with Gasteiger partial charge in [-0.15, -0.1) is 4.81 Å². The van der Waals surface area contributed by atoms with E-state index in [0.717, 1.165) is 0 Å². The number of rotatable bonds is 2. The van der Waals surface area contributed by atoms with Gasteiger partial charge in [0.05, 0.1) is 6.20 Å². The van der Waals surface area contributed by atoms with E-state index in [1.807, 2.05) is 0 Å². The molecule has 0 bridgehead atoms. The van der Waals surface area contributed by atoms with Crippen LogP contribution >= 0.6 is 0 Å². The van der Waals surface area contributed by atoms with E-state index in [9.17, 15) is 5.21 Å². The molecule has 0 saturated carbocycles. The van der Waals surface area contributed by atoms with Crippen molar-refractivity contribution < 1.29 is 9.65 Å². The highest BCUT2D eigenvalue weighted by Crippen LogP contribution is 2.08. The average Bonchev–Trinajstić information content (AvgIpc) is 2.16. The first-order valence-electron chi connectivity index (χ1n) is 2.73. The molecule has 1 atom stereocenters. The monoisotopic (exact) mass is 128 g/mol. The summed E-state index contributed by atoms with van der Waals surface area (Å²) in [4.78, 5) is 7.44. The molecule has 4 nitrogen and oxygen atoms in total. The van der Waals surface area contributed by atoms with Crippen LogP contribution in [0.5, 0.6) is 0 Å². The quantitative estimate of drug-likeness (QED) is 0.407. The van der Waals surface area contributed by atoms with Crippen LogP contribution in [0.2, 0.25) is 0 Å². The van der Waals surface area contributed by atoms with E-state index in [-0.39, 0.29) is 0 Å². The molecule has 0 spiro atoms. The fraction of sp³-hybridized carbons (Fsp3) is 0.400. The summed E-state index contributed by atoms with van der Waals surface area (Å²) >= 11 is 0. The summed E-state index contributed by atoms with van der Waals surface area (Å²) in [5, 5.41) is 11.0. The van der Waals surface area contributed by atoms with Crippen molar-refractivity contribution in [2.75, 3.05) is 6.61 Å². The highest BCUT2D eigenvalue weighted by Gasteiger charge is 2.14.